The Kier molecular flexibility index (Phi) is 6.02. The molecule has 1 amide bonds. The lowest BCUT2D eigenvalue weighted by atomic mass is 10.0. The lowest BCUT2D eigenvalue weighted by Gasteiger charge is -2.36. The fourth-order valence-corrected chi connectivity index (χ4v) is 3.39. The van der Waals surface area contributed by atoms with Crippen LogP contribution >= 0.6 is 0 Å². The molecule has 2 aromatic carbocycles. The maximum absolute atomic E-state index is 12.7. The summed E-state index contributed by atoms with van der Waals surface area (Å²) >= 11 is 0. The monoisotopic (exact) mass is 322 g/mol. The van der Waals surface area contributed by atoms with E-state index in [1.807, 2.05) is 12.1 Å². The zero-order valence-electron chi connectivity index (χ0n) is 14.2. The van der Waals surface area contributed by atoms with Crippen LogP contribution < -0.4 is 5.32 Å². The molecule has 0 bridgehead atoms. The van der Waals surface area contributed by atoms with Crippen molar-refractivity contribution < 1.29 is 4.79 Å². The van der Waals surface area contributed by atoms with Crippen LogP contribution in [-0.2, 0) is 17.6 Å². The third-order valence-electron chi connectivity index (χ3n) is 4.68. The number of nitrogens with zero attached hydrogens (tertiary/aromatic N) is 1. The summed E-state index contributed by atoms with van der Waals surface area (Å²) in [5, 5.41) is 3.43. The molecule has 1 aliphatic rings. The van der Waals surface area contributed by atoms with Crippen LogP contribution in [0.3, 0.4) is 0 Å². The molecule has 1 aliphatic heterocycles. The molecule has 1 fully saturated rings. The Morgan fingerprint density at radius 1 is 1.00 bits per heavy atom. The van der Waals surface area contributed by atoms with Crippen LogP contribution in [0.15, 0.2) is 60.7 Å². The second-order valence-electron chi connectivity index (χ2n) is 6.47. The van der Waals surface area contributed by atoms with Crippen molar-refractivity contribution in [3.63, 3.8) is 0 Å². The lowest BCUT2D eigenvalue weighted by Crippen LogP contribution is -2.54. The first-order valence-corrected chi connectivity index (χ1v) is 8.91. The molecule has 0 aliphatic carbocycles. The van der Waals surface area contributed by atoms with E-state index in [1.54, 1.807) is 0 Å². The Labute approximate surface area is 144 Å². The van der Waals surface area contributed by atoms with E-state index in [9.17, 15) is 4.79 Å². The number of hydrogen-bond acceptors (Lipinski definition) is 2. The molecule has 2 aromatic rings. The molecule has 1 unspecified atom stereocenters. The van der Waals surface area contributed by atoms with E-state index in [0.29, 0.717) is 12.3 Å². The lowest BCUT2D eigenvalue weighted by molar-refractivity contribution is -0.134. The van der Waals surface area contributed by atoms with E-state index >= 15 is 0 Å². The van der Waals surface area contributed by atoms with Gasteiger partial charge in [0.05, 0.1) is 0 Å². The number of rotatable bonds is 6. The van der Waals surface area contributed by atoms with Crippen LogP contribution in [0.25, 0.3) is 0 Å². The van der Waals surface area contributed by atoms with Crippen molar-refractivity contribution in [2.75, 3.05) is 19.6 Å². The highest BCUT2D eigenvalue weighted by molar-refractivity contribution is 5.76. The van der Waals surface area contributed by atoms with Crippen molar-refractivity contribution in [1.29, 1.82) is 0 Å². The van der Waals surface area contributed by atoms with Crippen LogP contribution in [0.2, 0.25) is 0 Å². The number of aryl methyl sites for hydroxylation is 1. The summed E-state index contributed by atoms with van der Waals surface area (Å²) in [5.41, 5.74) is 2.61. The van der Waals surface area contributed by atoms with E-state index in [1.165, 1.54) is 11.1 Å². The van der Waals surface area contributed by atoms with Gasteiger partial charge in [-0.05, 0) is 30.4 Å². The highest BCUT2D eigenvalue weighted by atomic mass is 16.2. The first kappa shape index (κ1) is 16.7. The molecule has 0 spiro atoms. The SMILES string of the molecule is O=C(CCCc1ccccc1)N1CCNCC1Cc1ccccc1. The normalized spacial score (nSPS) is 17.7. The number of amides is 1. The molecule has 3 heteroatoms. The van der Waals surface area contributed by atoms with Gasteiger partial charge in [-0.25, -0.2) is 0 Å². The maximum atomic E-state index is 12.7. The predicted molar refractivity (Wildman–Crippen MR) is 97.9 cm³/mol. The van der Waals surface area contributed by atoms with E-state index in [-0.39, 0.29) is 6.04 Å². The van der Waals surface area contributed by atoms with Crippen molar-refractivity contribution in [2.45, 2.75) is 31.7 Å². The fraction of sp³-hybridized carbons (Fsp3) is 0.381. The molecular weight excluding hydrogens is 296 g/mol. The topological polar surface area (TPSA) is 32.3 Å². The Balaban J connectivity index is 1.53. The van der Waals surface area contributed by atoms with Gasteiger partial charge < -0.3 is 10.2 Å². The molecule has 3 nitrogen and oxygen atoms in total. The average Bonchev–Trinajstić information content (AvgIpc) is 2.64. The van der Waals surface area contributed by atoms with Crippen LogP contribution in [0.1, 0.15) is 24.0 Å². The third-order valence-corrected chi connectivity index (χ3v) is 4.68. The van der Waals surface area contributed by atoms with Crippen molar-refractivity contribution in [2.24, 2.45) is 0 Å². The van der Waals surface area contributed by atoms with Gasteiger partial charge in [-0.15, -0.1) is 0 Å². The molecule has 1 saturated heterocycles. The van der Waals surface area contributed by atoms with Crippen molar-refractivity contribution >= 4 is 5.91 Å². The standard InChI is InChI=1S/C21H26N2O/c24-21(13-7-12-18-8-3-1-4-9-18)23-15-14-22-17-20(23)16-19-10-5-2-6-11-19/h1-6,8-11,20,22H,7,12-17H2. The van der Waals surface area contributed by atoms with E-state index in [2.05, 4.69) is 58.7 Å². The zero-order chi connectivity index (χ0) is 16.6. The summed E-state index contributed by atoms with van der Waals surface area (Å²) < 4.78 is 0. The first-order valence-electron chi connectivity index (χ1n) is 8.91. The van der Waals surface area contributed by atoms with E-state index in [0.717, 1.165) is 38.9 Å². The molecular formula is C21H26N2O. The summed E-state index contributed by atoms with van der Waals surface area (Å²) in [6.07, 6.45) is 3.46. The van der Waals surface area contributed by atoms with Gasteiger partial charge in [0, 0.05) is 32.1 Å². The van der Waals surface area contributed by atoms with Gasteiger partial charge >= 0.3 is 0 Å². The highest BCUT2D eigenvalue weighted by Gasteiger charge is 2.26. The number of carbonyl (C=O) groups excluding carboxylic acids is 1. The Hall–Kier alpha value is -2.13. The third kappa shape index (κ3) is 4.68. The second kappa shape index (κ2) is 8.65. The minimum Gasteiger partial charge on any atom is -0.337 e. The fourth-order valence-electron chi connectivity index (χ4n) is 3.39. The number of hydrogen-bond donors (Lipinski definition) is 1. The van der Waals surface area contributed by atoms with Gasteiger partial charge in [-0.3, -0.25) is 4.79 Å². The minimum absolute atomic E-state index is 0.269. The summed E-state index contributed by atoms with van der Waals surface area (Å²) in [7, 11) is 0. The molecule has 1 heterocycles. The summed E-state index contributed by atoms with van der Waals surface area (Å²) in [6, 6.07) is 21.1. The minimum atomic E-state index is 0.269. The Bertz CT molecular complexity index is 627. The number of piperazine rings is 1. The number of nitrogens with one attached hydrogen (secondary N) is 1. The van der Waals surface area contributed by atoms with E-state index in [4.69, 9.17) is 0 Å². The molecule has 0 aromatic heterocycles. The second-order valence-corrected chi connectivity index (χ2v) is 6.47. The van der Waals surface area contributed by atoms with Crippen LogP contribution in [-0.4, -0.2) is 36.5 Å². The molecule has 0 saturated carbocycles. The Morgan fingerprint density at radius 3 is 2.38 bits per heavy atom. The number of benzene rings is 2. The largest absolute Gasteiger partial charge is 0.337 e. The van der Waals surface area contributed by atoms with Gasteiger partial charge in [0.15, 0.2) is 0 Å². The summed E-state index contributed by atoms with van der Waals surface area (Å²) in [4.78, 5) is 14.8. The molecule has 1 atom stereocenters. The van der Waals surface area contributed by atoms with Crippen molar-refractivity contribution in [3.05, 3.63) is 71.8 Å². The van der Waals surface area contributed by atoms with Crippen molar-refractivity contribution in [3.8, 4) is 0 Å². The maximum Gasteiger partial charge on any atom is 0.222 e. The van der Waals surface area contributed by atoms with Gasteiger partial charge in [-0.1, -0.05) is 60.7 Å². The van der Waals surface area contributed by atoms with E-state index < -0.39 is 0 Å². The zero-order valence-corrected chi connectivity index (χ0v) is 14.2. The number of carbonyl (C=O) groups is 1. The van der Waals surface area contributed by atoms with Gasteiger partial charge in [-0.2, -0.15) is 0 Å². The van der Waals surface area contributed by atoms with Crippen LogP contribution in [0.5, 0.6) is 0 Å². The van der Waals surface area contributed by atoms with Gasteiger partial charge in [0.1, 0.15) is 0 Å². The smallest absolute Gasteiger partial charge is 0.222 e. The summed E-state index contributed by atoms with van der Waals surface area (Å²) in [6.45, 7) is 2.61. The molecule has 126 valence electrons. The van der Waals surface area contributed by atoms with Gasteiger partial charge in [0.25, 0.3) is 0 Å². The van der Waals surface area contributed by atoms with Crippen LogP contribution in [0.4, 0.5) is 0 Å². The van der Waals surface area contributed by atoms with Gasteiger partial charge in [0.2, 0.25) is 5.91 Å². The summed E-state index contributed by atoms with van der Waals surface area (Å²) in [5.74, 6) is 0.299. The average molecular weight is 322 g/mol. The molecule has 24 heavy (non-hydrogen) atoms. The molecule has 0 radical (unpaired) electrons. The first-order chi connectivity index (χ1) is 11.8. The van der Waals surface area contributed by atoms with Crippen molar-refractivity contribution in [1.82, 2.24) is 10.2 Å². The quantitative estimate of drug-likeness (QED) is 0.886. The van der Waals surface area contributed by atoms with Crippen LogP contribution in [0, 0.1) is 0 Å². The molecule has 1 N–H and O–H groups in total. The molecule has 3 rings (SSSR count). The Morgan fingerprint density at radius 2 is 1.67 bits per heavy atom. The highest BCUT2D eigenvalue weighted by Crippen LogP contribution is 2.14. The predicted octanol–water partition coefficient (Wildman–Crippen LogP) is 3.05.